The second kappa shape index (κ2) is 9.40. The van der Waals surface area contributed by atoms with Crippen LogP contribution in [-0.2, 0) is 21.4 Å². The van der Waals surface area contributed by atoms with Gasteiger partial charge in [0.15, 0.2) is 0 Å². The molecule has 1 aliphatic rings. The minimum absolute atomic E-state index is 0.223. The van der Waals surface area contributed by atoms with Crippen LogP contribution in [0.15, 0.2) is 64.2 Å². The van der Waals surface area contributed by atoms with Crippen molar-refractivity contribution in [1.29, 1.82) is 0 Å². The number of carbonyl (C=O) groups is 1. The van der Waals surface area contributed by atoms with Crippen LogP contribution in [0, 0.1) is 12.7 Å². The number of thiophene rings is 1. The van der Waals surface area contributed by atoms with Gasteiger partial charge in [0.05, 0.1) is 0 Å². The Labute approximate surface area is 190 Å². The fourth-order valence-electron chi connectivity index (χ4n) is 3.69. The predicted molar refractivity (Wildman–Crippen MR) is 122 cm³/mol. The van der Waals surface area contributed by atoms with Gasteiger partial charge < -0.3 is 10.1 Å². The van der Waals surface area contributed by atoms with Crippen LogP contribution in [0.1, 0.15) is 24.0 Å². The van der Waals surface area contributed by atoms with Crippen LogP contribution in [0.25, 0.3) is 0 Å². The van der Waals surface area contributed by atoms with E-state index in [2.05, 4.69) is 5.32 Å². The lowest BCUT2D eigenvalue weighted by molar-refractivity contribution is -0.119. The smallest absolute Gasteiger partial charge is 0.253 e. The zero-order valence-corrected chi connectivity index (χ0v) is 19.1. The van der Waals surface area contributed by atoms with Gasteiger partial charge in [0, 0.05) is 12.2 Å². The van der Waals surface area contributed by atoms with Gasteiger partial charge in [0.2, 0.25) is 5.91 Å². The monoisotopic (exact) mass is 474 g/mol. The van der Waals surface area contributed by atoms with Crippen LogP contribution in [0.2, 0.25) is 0 Å². The van der Waals surface area contributed by atoms with Crippen molar-refractivity contribution in [3.8, 4) is 5.75 Å². The number of sulfonamides is 1. The molecule has 2 aromatic carbocycles. The minimum atomic E-state index is -3.69. The van der Waals surface area contributed by atoms with Crippen LogP contribution in [-0.4, -0.2) is 31.2 Å². The summed E-state index contributed by atoms with van der Waals surface area (Å²) in [7, 11) is -3.69. The van der Waals surface area contributed by atoms with Gasteiger partial charge in [-0.25, -0.2) is 12.8 Å². The number of nitrogens with one attached hydrogen (secondary N) is 1. The van der Waals surface area contributed by atoms with E-state index in [1.807, 2.05) is 6.92 Å². The maximum Gasteiger partial charge on any atom is 0.253 e. The quantitative estimate of drug-likeness (QED) is 0.545. The molecule has 0 spiro atoms. The van der Waals surface area contributed by atoms with Crippen molar-refractivity contribution < 1.29 is 22.3 Å². The fourth-order valence-corrected chi connectivity index (χ4v) is 6.47. The van der Waals surface area contributed by atoms with Crippen LogP contribution < -0.4 is 10.1 Å². The molecule has 1 saturated heterocycles. The molecule has 3 aromatic rings. The number of ether oxygens (including phenoxy) is 1. The Morgan fingerprint density at radius 2 is 2.06 bits per heavy atom. The Morgan fingerprint density at radius 3 is 2.78 bits per heavy atom. The molecule has 1 amide bonds. The highest BCUT2D eigenvalue weighted by atomic mass is 32.2. The number of nitrogens with zero attached hydrogens (tertiary/aromatic N) is 1. The van der Waals surface area contributed by atoms with Crippen molar-refractivity contribution in [2.75, 3.05) is 11.9 Å². The SMILES string of the molecule is Cc1cc(OCc2cccc(F)c2)ccc1NC(=O)C1CCCN1S(=O)(=O)c1cccs1. The Kier molecular flexibility index (Phi) is 6.59. The molecule has 0 bridgehead atoms. The van der Waals surface area contributed by atoms with Gasteiger partial charge in [0.1, 0.15) is 28.4 Å². The number of aryl methyl sites for hydroxylation is 1. The third-order valence-corrected chi connectivity index (χ3v) is 8.60. The minimum Gasteiger partial charge on any atom is -0.489 e. The van der Waals surface area contributed by atoms with Crippen LogP contribution in [0.5, 0.6) is 5.75 Å². The summed E-state index contributed by atoms with van der Waals surface area (Å²) in [4.78, 5) is 12.9. The van der Waals surface area contributed by atoms with Crippen LogP contribution in [0.4, 0.5) is 10.1 Å². The first-order chi connectivity index (χ1) is 15.3. The highest BCUT2D eigenvalue weighted by Crippen LogP contribution is 2.30. The molecular formula is C23H23FN2O4S2. The normalized spacial score (nSPS) is 16.8. The van der Waals surface area contributed by atoms with Crippen molar-refractivity contribution in [2.45, 2.75) is 36.6 Å². The molecule has 4 rings (SSSR count). The summed E-state index contributed by atoms with van der Waals surface area (Å²) in [6, 6.07) is 13.9. The second-order valence-corrected chi connectivity index (χ2v) is 10.7. The molecule has 0 radical (unpaired) electrons. The number of carbonyl (C=O) groups excluding carboxylic acids is 1. The Hall–Kier alpha value is -2.75. The van der Waals surface area contributed by atoms with Gasteiger partial charge in [0.25, 0.3) is 10.0 Å². The van der Waals surface area contributed by atoms with Crippen LogP contribution >= 0.6 is 11.3 Å². The van der Waals surface area contributed by atoms with E-state index in [-0.39, 0.29) is 22.5 Å². The first kappa shape index (κ1) is 22.4. The maximum atomic E-state index is 13.3. The summed E-state index contributed by atoms with van der Waals surface area (Å²) in [5, 5.41) is 4.57. The zero-order valence-electron chi connectivity index (χ0n) is 17.5. The molecule has 168 valence electrons. The zero-order chi connectivity index (χ0) is 22.7. The Morgan fingerprint density at radius 1 is 1.22 bits per heavy atom. The lowest BCUT2D eigenvalue weighted by Crippen LogP contribution is -2.42. The van der Waals surface area contributed by atoms with Gasteiger partial charge in [-0.2, -0.15) is 4.31 Å². The molecule has 0 saturated carbocycles. The molecule has 6 nitrogen and oxygen atoms in total. The Balaban J connectivity index is 1.42. The lowest BCUT2D eigenvalue weighted by atomic mass is 10.1. The van der Waals surface area contributed by atoms with E-state index in [0.29, 0.717) is 36.4 Å². The number of rotatable bonds is 7. The van der Waals surface area contributed by atoms with E-state index in [9.17, 15) is 17.6 Å². The topological polar surface area (TPSA) is 75.7 Å². The van der Waals surface area contributed by atoms with Crippen LogP contribution in [0.3, 0.4) is 0 Å². The maximum absolute atomic E-state index is 13.3. The van der Waals surface area contributed by atoms with E-state index < -0.39 is 16.1 Å². The molecule has 1 fully saturated rings. The predicted octanol–water partition coefficient (Wildman–Crippen LogP) is 4.57. The third kappa shape index (κ3) is 4.85. The summed E-state index contributed by atoms with van der Waals surface area (Å²) in [5.74, 6) is -0.0749. The van der Waals surface area contributed by atoms with Crippen molar-refractivity contribution in [1.82, 2.24) is 4.31 Å². The molecule has 1 unspecified atom stereocenters. The number of benzene rings is 2. The standard InChI is InChI=1S/C23H23FN2O4S2/c1-16-13-19(30-15-17-5-2-6-18(24)14-17)9-10-20(16)25-23(27)21-7-3-11-26(21)32(28,29)22-8-4-12-31-22/h2,4-6,8-10,12-14,21H,3,7,11,15H2,1H3,(H,25,27). The van der Waals surface area contributed by atoms with E-state index in [1.54, 1.807) is 47.8 Å². The van der Waals surface area contributed by atoms with Gasteiger partial charge in [-0.1, -0.05) is 18.2 Å². The summed E-state index contributed by atoms with van der Waals surface area (Å²) in [5.41, 5.74) is 2.09. The fraction of sp³-hybridized carbons (Fsp3) is 0.261. The molecule has 1 N–H and O–H groups in total. The average molecular weight is 475 g/mol. The molecule has 0 aliphatic carbocycles. The number of hydrogen-bond acceptors (Lipinski definition) is 5. The first-order valence-corrected chi connectivity index (χ1v) is 12.5. The average Bonchev–Trinajstić information content (AvgIpc) is 3.47. The van der Waals surface area contributed by atoms with Gasteiger partial charge in [-0.3, -0.25) is 4.79 Å². The summed E-state index contributed by atoms with van der Waals surface area (Å²) < 4.78 is 46.4. The Bertz CT molecular complexity index is 1210. The van der Waals surface area contributed by atoms with E-state index in [4.69, 9.17) is 4.74 Å². The summed E-state index contributed by atoms with van der Waals surface area (Å²) in [6.07, 6.45) is 1.11. The van der Waals surface area contributed by atoms with Crippen molar-refractivity contribution in [3.05, 3.63) is 76.9 Å². The van der Waals surface area contributed by atoms with Crippen molar-refractivity contribution in [3.63, 3.8) is 0 Å². The van der Waals surface area contributed by atoms with E-state index in [0.717, 1.165) is 16.9 Å². The molecule has 2 heterocycles. The molecule has 1 aliphatic heterocycles. The molecule has 1 atom stereocenters. The van der Waals surface area contributed by atoms with E-state index in [1.165, 1.54) is 16.4 Å². The molecular weight excluding hydrogens is 451 g/mol. The second-order valence-electron chi connectivity index (χ2n) is 7.59. The highest BCUT2D eigenvalue weighted by Gasteiger charge is 2.40. The molecule has 1 aromatic heterocycles. The van der Waals surface area contributed by atoms with Crippen molar-refractivity contribution in [2.24, 2.45) is 0 Å². The number of hydrogen-bond donors (Lipinski definition) is 1. The highest BCUT2D eigenvalue weighted by molar-refractivity contribution is 7.91. The number of anilines is 1. The lowest BCUT2D eigenvalue weighted by Gasteiger charge is -2.23. The van der Waals surface area contributed by atoms with Gasteiger partial charge in [-0.05, 0) is 72.7 Å². The number of amides is 1. The third-order valence-electron chi connectivity index (χ3n) is 5.31. The van der Waals surface area contributed by atoms with E-state index >= 15 is 0 Å². The number of halogens is 1. The first-order valence-electron chi connectivity index (χ1n) is 10.2. The van der Waals surface area contributed by atoms with Gasteiger partial charge >= 0.3 is 0 Å². The summed E-state index contributed by atoms with van der Waals surface area (Å²) in [6.45, 7) is 2.38. The largest absolute Gasteiger partial charge is 0.489 e. The molecule has 32 heavy (non-hydrogen) atoms. The molecule has 9 heteroatoms. The van der Waals surface area contributed by atoms with Gasteiger partial charge in [-0.15, -0.1) is 11.3 Å². The summed E-state index contributed by atoms with van der Waals surface area (Å²) >= 11 is 1.15. The van der Waals surface area contributed by atoms with Crippen molar-refractivity contribution >= 4 is 33.0 Å².